The summed E-state index contributed by atoms with van der Waals surface area (Å²) in [6.07, 6.45) is 2.13. The number of H-pyrrole nitrogens is 1. The van der Waals surface area contributed by atoms with E-state index in [4.69, 9.17) is 16.7 Å². The zero-order chi connectivity index (χ0) is 14.7. The molecule has 0 saturated heterocycles. The molecule has 0 aliphatic rings. The number of halogens is 1. The van der Waals surface area contributed by atoms with Gasteiger partial charge in [0.25, 0.3) is 11.5 Å². The van der Waals surface area contributed by atoms with Crippen molar-refractivity contribution in [3.63, 3.8) is 0 Å². The van der Waals surface area contributed by atoms with Crippen molar-refractivity contribution in [2.75, 3.05) is 5.32 Å². The van der Waals surface area contributed by atoms with Crippen LogP contribution in [0.4, 0.5) is 5.69 Å². The molecule has 102 valence electrons. The van der Waals surface area contributed by atoms with Crippen LogP contribution < -0.4 is 10.9 Å². The van der Waals surface area contributed by atoms with E-state index in [-0.39, 0.29) is 22.0 Å². The predicted octanol–water partition coefficient (Wildman–Crippen LogP) is 1.37. The number of hydrogen-bond acceptors (Lipinski definition) is 4. The fraction of sp³-hybridized carbons (Fsp3) is 0. The summed E-state index contributed by atoms with van der Waals surface area (Å²) >= 11 is 5.72. The monoisotopic (exact) mass is 293 g/mol. The Bertz CT molecular complexity index is 721. The minimum absolute atomic E-state index is 0.00331. The van der Waals surface area contributed by atoms with Crippen LogP contribution in [-0.2, 0) is 0 Å². The van der Waals surface area contributed by atoms with E-state index in [0.717, 1.165) is 12.4 Å². The first-order chi connectivity index (χ1) is 9.47. The van der Waals surface area contributed by atoms with Crippen molar-refractivity contribution in [1.82, 2.24) is 9.97 Å². The van der Waals surface area contributed by atoms with Gasteiger partial charge in [-0.1, -0.05) is 11.6 Å². The number of nitrogens with zero attached hydrogens (tertiary/aromatic N) is 1. The maximum Gasteiger partial charge on any atom is 0.337 e. The molecule has 0 unspecified atom stereocenters. The zero-order valence-electron chi connectivity index (χ0n) is 9.88. The zero-order valence-corrected chi connectivity index (χ0v) is 10.6. The number of aromatic amines is 1. The number of benzene rings is 1. The quantitative estimate of drug-likeness (QED) is 0.791. The van der Waals surface area contributed by atoms with Gasteiger partial charge in [0, 0.05) is 11.9 Å². The van der Waals surface area contributed by atoms with Crippen LogP contribution in [0.2, 0.25) is 5.02 Å². The first kappa shape index (κ1) is 13.8. The van der Waals surface area contributed by atoms with Crippen LogP contribution in [-0.4, -0.2) is 27.0 Å². The van der Waals surface area contributed by atoms with E-state index in [9.17, 15) is 14.4 Å². The summed E-state index contributed by atoms with van der Waals surface area (Å²) in [4.78, 5) is 39.5. The molecule has 1 heterocycles. The van der Waals surface area contributed by atoms with Gasteiger partial charge in [-0.25, -0.2) is 9.78 Å². The second-order valence-electron chi connectivity index (χ2n) is 3.75. The van der Waals surface area contributed by atoms with E-state index in [1.807, 2.05) is 0 Å². The van der Waals surface area contributed by atoms with Gasteiger partial charge in [-0.05, 0) is 18.2 Å². The third-order valence-corrected chi connectivity index (χ3v) is 2.69. The van der Waals surface area contributed by atoms with Crippen LogP contribution in [0.3, 0.4) is 0 Å². The average molecular weight is 294 g/mol. The van der Waals surface area contributed by atoms with Gasteiger partial charge in [-0.15, -0.1) is 0 Å². The lowest BCUT2D eigenvalue weighted by Crippen LogP contribution is -2.17. The number of aromatic nitrogens is 2. The molecule has 1 amide bonds. The summed E-state index contributed by atoms with van der Waals surface area (Å²) in [7, 11) is 0. The topological polar surface area (TPSA) is 112 Å². The molecule has 0 atom stereocenters. The lowest BCUT2D eigenvalue weighted by Gasteiger charge is -2.06. The first-order valence-corrected chi connectivity index (χ1v) is 5.74. The SMILES string of the molecule is O=C(Nc1ccc(Cl)c(C(=O)O)c1)c1c[nH]c(=O)cn1. The summed E-state index contributed by atoms with van der Waals surface area (Å²) in [6.45, 7) is 0. The third kappa shape index (κ3) is 3.01. The molecule has 20 heavy (non-hydrogen) atoms. The summed E-state index contributed by atoms with van der Waals surface area (Å²) in [5.41, 5.74) is -0.304. The highest BCUT2D eigenvalue weighted by Gasteiger charge is 2.12. The van der Waals surface area contributed by atoms with Gasteiger partial charge in [0.05, 0.1) is 16.8 Å². The number of carboxylic acid groups (broad SMARTS) is 1. The molecular formula is C12H8ClN3O4. The van der Waals surface area contributed by atoms with Gasteiger partial charge in [0.2, 0.25) is 0 Å². The molecule has 2 rings (SSSR count). The van der Waals surface area contributed by atoms with Crippen molar-refractivity contribution in [3.05, 3.63) is 57.2 Å². The normalized spacial score (nSPS) is 10.1. The molecule has 8 heteroatoms. The summed E-state index contributed by atoms with van der Waals surface area (Å²) in [5.74, 6) is -1.78. The number of carboxylic acids is 1. The Hall–Kier alpha value is -2.67. The lowest BCUT2D eigenvalue weighted by atomic mass is 10.2. The van der Waals surface area contributed by atoms with Gasteiger partial charge in [-0.3, -0.25) is 9.59 Å². The molecule has 0 radical (unpaired) electrons. The molecule has 3 N–H and O–H groups in total. The van der Waals surface area contributed by atoms with Crippen LogP contribution in [0.1, 0.15) is 20.8 Å². The summed E-state index contributed by atoms with van der Waals surface area (Å²) in [6, 6.07) is 4.05. The third-order valence-electron chi connectivity index (χ3n) is 2.36. The van der Waals surface area contributed by atoms with E-state index in [0.29, 0.717) is 0 Å². The number of rotatable bonds is 3. The van der Waals surface area contributed by atoms with Crippen molar-refractivity contribution >= 4 is 29.2 Å². The van der Waals surface area contributed by atoms with Crippen molar-refractivity contribution < 1.29 is 14.7 Å². The van der Waals surface area contributed by atoms with Crippen molar-refractivity contribution in [2.24, 2.45) is 0 Å². The molecule has 1 aromatic carbocycles. The molecule has 0 aliphatic carbocycles. The number of anilines is 1. The fourth-order valence-electron chi connectivity index (χ4n) is 1.43. The highest BCUT2D eigenvalue weighted by Crippen LogP contribution is 2.20. The van der Waals surface area contributed by atoms with Gasteiger partial charge in [-0.2, -0.15) is 0 Å². The lowest BCUT2D eigenvalue weighted by molar-refractivity contribution is 0.0696. The van der Waals surface area contributed by atoms with Crippen LogP contribution in [0.25, 0.3) is 0 Å². The largest absolute Gasteiger partial charge is 0.478 e. The maximum absolute atomic E-state index is 11.8. The molecule has 7 nitrogen and oxygen atoms in total. The van der Waals surface area contributed by atoms with Gasteiger partial charge < -0.3 is 15.4 Å². The predicted molar refractivity (Wildman–Crippen MR) is 71.2 cm³/mol. The summed E-state index contributed by atoms with van der Waals surface area (Å²) in [5, 5.41) is 11.4. The van der Waals surface area contributed by atoms with E-state index in [1.165, 1.54) is 18.2 Å². The highest BCUT2D eigenvalue weighted by atomic mass is 35.5. The number of amides is 1. The molecular weight excluding hydrogens is 286 g/mol. The Labute approximate surface area is 117 Å². The number of nitrogens with one attached hydrogen (secondary N) is 2. The molecule has 1 aromatic heterocycles. The van der Waals surface area contributed by atoms with Crippen LogP contribution in [0.5, 0.6) is 0 Å². The highest BCUT2D eigenvalue weighted by molar-refractivity contribution is 6.33. The Kier molecular flexibility index (Phi) is 3.81. The van der Waals surface area contributed by atoms with E-state index >= 15 is 0 Å². The number of carbonyl (C=O) groups is 2. The second kappa shape index (κ2) is 5.54. The van der Waals surface area contributed by atoms with Crippen LogP contribution in [0, 0.1) is 0 Å². The molecule has 0 saturated carbocycles. The first-order valence-electron chi connectivity index (χ1n) is 5.36. The minimum Gasteiger partial charge on any atom is -0.478 e. The second-order valence-corrected chi connectivity index (χ2v) is 4.16. The van der Waals surface area contributed by atoms with Crippen molar-refractivity contribution in [2.45, 2.75) is 0 Å². The molecule has 0 spiro atoms. The summed E-state index contributed by atoms with van der Waals surface area (Å²) < 4.78 is 0. The van der Waals surface area contributed by atoms with Crippen molar-refractivity contribution in [1.29, 1.82) is 0 Å². The Morgan fingerprint density at radius 1 is 1.35 bits per heavy atom. The number of aromatic carboxylic acids is 1. The molecule has 0 bridgehead atoms. The number of hydrogen-bond donors (Lipinski definition) is 3. The van der Waals surface area contributed by atoms with E-state index in [1.54, 1.807) is 0 Å². The molecule has 2 aromatic rings. The standard InChI is InChI=1S/C12H8ClN3O4/c13-8-2-1-6(3-7(8)12(19)20)16-11(18)9-4-15-10(17)5-14-9/h1-5H,(H,15,17)(H,16,18)(H,19,20). The van der Waals surface area contributed by atoms with Crippen LogP contribution in [0.15, 0.2) is 35.4 Å². The Morgan fingerprint density at radius 3 is 2.70 bits per heavy atom. The minimum atomic E-state index is -1.20. The smallest absolute Gasteiger partial charge is 0.337 e. The maximum atomic E-state index is 11.8. The van der Waals surface area contributed by atoms with E-state index < -0.39 is 17.4 Å². The van der Waals surface area contributed by atoms with Crippen LogP contribution >= 0.6 is 11.6 Å². The molecule has 0 aliphatic heterocycles. The van der Waals surface area contributed by atoms with Gasteiger partial charge >= 0.3 is 5.97 Å². The number of carbonyl (C=O) groups excluding carboxylic acids is 1. The Morgan fingerprint density at radius 2 is 2.10 bits per heavy atom. The van der Waals surface area contributed by atoms with E-state index in [2.05, 4.69) is 15.3 Å². The Balaban J connectivity index is 2.24. The molecule has 0 fully saturated rings. The van der Waals surface area contributed by atoms with Gasteiger partial charge in [0.15, 0.2) is 0 Å². The van der Waals surface area contributed by atoms with Crippen molar-refractivity contribution in [3.8, 4) is 0 Å². The fourth-order valence-corrected chi connectivity index (χ4v) is 1.63. The van der Waals surface area contributed by atoms with Gasteiger partial charge in [0.1, 0.15) is 5.69 Å². The average Bonchev–Trinajstić information content (AvgIpc) is 2.41.